The molecule has 1 aromatic carbocycles. The summed E-state index contributed by atoms with van der Waals surface area (Å²) in [4.78, 5) is 14.3. The molecule has 0 aromatic heterocycles. The average molecular weight is 246 g/mol. The Kier molecular flexibility index (Phi) is 2.69. The van der Waals surface area contributed by atoms with Crippen LogP contribution in [0.5, 0.6) is 0 Å². The van der Waals surface area contributed by atoms with Gasteiger partial charge in [0.05, 0.1) is 0 Å². The van der Waals surface area contributed by atoms with Crippen LogP contribution >= 0.6 is 0 Å². The molecule has 2 rings (SSSR count). The van der Waals surface area contributed by atoms with Gasteiger partial charge in [-0.2, -0.15) is 0 Å². The predicted octanol–water partition coefficient (Wildman–Crippen LogP) is 2.91. The van der Waals surface area contributed by atoms with E-state index in [1.807, 2.05) is 31.3 Å². The minimum Gasteiger partial charge on any atom is -0.399 e. The van der Waals surface area contributed by atoms with E-state index in [2.05, 4.69) is 27.7 Å². The van der Waals surface area contributed by atoms with Crippen LogP contribution in [0.1, 0.15) is 27.7 Å². The number of carbonyl (C=O) groups is 1. The van der Waals surface area contributed by atoms with Crippen LogP contribution < -0.4 is 10.6 Å². The fourth-order valence-corrected chi connectivity index (χ4v) is 2.83. The number of rotatable bonds is 2. The first-order valence-electron chi connectivity index (χ1n) is 6.32. The van der Waals surface area contributed by atoms with Gasteiger partial charge >= 0.3 is 0 Å². The maximum atomic E-state index is 12.5. The molecule has 2 N–H and O–H groups in total. The smallest absolute Gasteiger partial charge is 0.230 e. The second-order valence-corrected chi connectivity index (χ2v) is 6.37. The van der Waals surface area contributed by atoms with Crippen molar-refractivity contribution in [2.24, 2.45) is 16.7 Å². The summed E-state index contributed by atoms with van der Waals surface area (Å²) in [6.07, 6.45) is 0. The van der Waals surface area contributed by atoms with Crippen molar-refractivity contribution in [1.82, 2.24) is 0 Å². The van der Waals surface area contributed by atoms with Crippen molar-refractivity contribution in [2.45, 2.75) is 27.7 Å². The van der Waals surface area contributed by atoms with Gasteiger partial charge in [-0.3, -0.25) is 4.79 Å². The number of nitrogens with two attached hydrogens (primary N) is 1. The zero-order valence-electron chi connectivity index (χ0n) is 11.8. The molecule has 3 heteroatoms. The number of benzene rings is 1. The third-order valence-electron chi connectivity index (χ3n) is 4.88. The van der Waals surface area contributed by atoms with Gasteiger partial charge in [0.2, 0.25) is 5.91 Å². The molecule has 1 amide bonds. The highest BCUT2D eigenvalue weighted by atomic mass is 16.2. The lowest BCUT2D eigenvalue weighted by molar-refractivity contribution is -0.120. The number of anilines is 2. The molecular weight excluding hydrogens is 224 g/mol. The molecule has 1 fully saturated rings. The summed E-state index contributed by atoms with van der Waals surface area (Å²) >= 11 is 0. The fraction of sp³-hybridized carbons (Fsp3) is 0.533. The molecule has 1 aliphatic carbocycles. The minimum atomic E-state index is 0.0755. The van der Waals surface area contributed by atoms with Gasteiger partial charge in [-0.15, -0.1) is 0 Å². The highest BCUT2D eigenvalue weighted by Gasteiger charge is 2.68. The van der Waals surface area contributed by atoms with E-state index in [1.54, 1.807) is 4.90 Å². The van der Waals surface area contributed by atoms with Crippen molar-refractivity contribution in [3.05, 3.63) is 24.3 Å². The Bertz CT molecular complexity index is 460. The van der Waals surface area contributed by atoms with Gasteiger partial charge in [0.1, 0.15) is 0 Å². The summed E-state index contributed by atoms with van der Waals surface area (Å²) in [5.41, 5.74) is 7.42. The van der Waals surface area contributed by atoms with E-state index in [9.17, 15) is 4.79 Å². The third kappa shape index (κ3) is 1.69. The molecule has 0 bridgehead atoms. The molecule has 3 nitrogen and oxygen atoms in total. The van der Waals surface area contributed by atoms with E-state index in [1.165, 1.54) is 0 Å². The number of carbonyl (C=O) groups excluding carboxylic acids is 1. The lowest BCUT2D eigenvalue weighted by atomic mass is 10.0. The molecule has 0 heterocycles. The van der Waals surface area contributed by atoms with Gasteiger partial charge in [0.15, 0.2) is 0 Å². The highest BCUT2D eigenvalue weighted by molar-refractivity contribution is 5.97. The standard InChI is InChI=1S/C15H22N2O/c1-14(2)12(15(14,3)4)13(18)17(5)11-8-6-10(16)7-9-11/h6-9,12H,16H2,1-5H3. The first-order chi connectivity index (χ1) is 8.19. The molecule has 18 heavy (non-hydrogen) atoms. The van der Waals surface area contributed by atoms with E-state index in [-0.39, 0.29) is 22.7 Å². The van der Waals surface area contributed by atoms with E-state index < -0.39 is 0 Å². The van der Waals surface area contributed by atoms with Crippen LogP contribution in [0.4, 0.5) is 11.4 Å². The van der Waals surface area contributed by atoms with E-state index in [0.29, 0.717) is 5.69 Å². The van der Waals surface area contributed by atoms with Crippen LogP contribution in [-0.4, -0.2) is 13.0 Å². The second-order valence-electron chi connectivity index (χ2n) is 6.37. The first-order valence-corrected chi connectivity index (χ1v) is 6.32. The average Bonchev–Trinajstić information content (AvgIpc) is 2.69. The molecule has 0 atom stereocenters. The summed E-state index contributed by atoms with van der Waals surface area (Å²) in [5.74, 6) is 0.280. The van der Waals surface area contributed by atoms with Crippen molar-refractivity contribution in [3.8, 4) is 0 Å². The minimum absolute atomic E-state index is 0.0755. The largest absolute Gasteiger partial charge is 0.399 e. The number of nitrogens with zero attached hydrogens (tertiary/aromatic N) is 1. The summed E-state index contributed by atoms with van der Waals surface area (Å²) < 4.78 is 0. The van der Waals surface area contributed by atoms with Crippen molar-refractivity contribution < 1.29 is 4.79 Å². The van der Waals surface area contributed by atoms with Crippen LogP contribution in [-0.2, 0) is 4.79 Å². The van der Waals surface area contributed by atoms with E-state index in [0.717, 1.165) is 5.69 Å². The lowest BCUT2D eigenvalue weighted by Crippen LogP contribution is -2.29. The fourth-order valence-electron chi connectivity index (χ4n) is 2.83. The van der Waals surface area contributed by atoms with Crippen molar-refractivity contribution in [3.63, 3.8) is 0 Å². The van der Waals surface area contributed by atoms with Crippen LogP contribution in [0.25, 0.3) is 0 Å². The topological polar surface area (TPSA) is 46.3 Å². The Labute approximate surface area is 109 Å². The van der Waals surface area contributed by atoms with Crippen molar-refractivity contribution >= 4 is 17.3 Å². The molecular formula is C15H22N2O. The zero-order valence-corrected chi connectivity index (χ0v) is 11.8. The lowest BCUT2D eigenvalue weighted by Gasteiger charge is -2.18. The van der Waals surface area contributed by atoms with Gasteiger partial charge < -0.3 is 10.6 Å². The second kappa shape index (κ2) is 3.74. The van der Waals surface area contributed by atoms with Crippen LogP contribution in [0, 0.1) is 16.7 Å². The summed E-state index contributed by atoms with van der Waals surface area (Å²) in [5, 5.41) is 0. The molecule has 0 saturated heterocycles. The Balaban J connectivity index is 2.19. The maximum absolute atomic E-state index is 12.5. The molecule has 0 radical (unpaired) electrons. The van der Waals surface area contributed by atoms with Gasteiger partial charge in [0, 0.05) is 24.3 Å². The number of hydrogen-bond acceptors (Lipinski definition) is 2. The van der Waals surface area contributed by atoms with Crippen LogP contribution in [0.3, 0.4) is 0 Å². The van der Waals surface area contributed by atoms with Crippen LogP contribution in [0.15, 0.2) is 24.3 Å². The molecule has 0 aliphatic heterocycles. The zero-order chi connectivity index (χ0) is 13.7. The first kappa shape index (κ1) is 12.9. The summed E-state index contributed by atoms with van der Waals surface area (Å²) in [7, 11) is 1.83. The monoisotopic (exact) mass is 246 g/mol. The normalized spacial score (nSPS) is 20.5. The van der Waals surface area contributed by atoms with Crippen molar-refractivity contribution in [2.75, 3.05) is 17.7 Å². The Morgan fingerprint density at radius 2 is 1.56 bits per heavy atom. The highest BCUT2D eigenvalue weighted by Crippen LogP contribution is 2.68. The Hall–Kier alpha value is -1.51. The molecule has 0 unspecified atom stereocenters. The van der Waals surface area contributed by atoms with E-state index in [4.69, 9.17) is 5.73 Å². The molecule has 1 aliphatic rings. The van der Waals surface area contributed by atoms with Gasteiger partial charge in [0.25, 0.3) is 0 Å². The number of amides is 1. The Morgan fingerprint density at radius 3 is 1.94 bits per heavy atom. The number of nitrogen functional groups attached to an aromatic ring is 1. The van der Waals surface area contributed by atoms with Gasteiger partial charge in [-0.05, 0) is 35.1 Å². The summed E-state index contributed by atoms with van der Waals surface area (Å²) in [6, 6.07) is 7.41. The predicted molar refractivity (Wildman–Crippen MR) is 75.3 cm³/mol. The SMILES string of the molecule is CN(C(=O)C1C(C)(C)C1(C)C)c1ccc(N)cc1. The maximum Gasteiger partial charge on any atom is 0.230 e. The van der Waals surface area contributed by atoms with Gasteiger partial charge in [-0.1, -0.05) is 27.7 Å². The third-order valence-corrected chi connectivity index (χ3v) is 4.88. The quantitative estimate of drug-likeness (QED) is 0.816. The van der Waals surface area contributed by atoms with Gasteiger partial charge in [-0.25, -0.2) is 0 Å². The molecule has 1 saturated carbocycles. The molecule has 0 spiro atoms. The number of hydrogen-bond donors (Lipinski definition) is 1. The Morgan fingerprint density at radius 1 is 1.11 bits per heavy atom. The summed E-state index contributed by atoms with van der Waals surface area (Å²) in [6.45, 7) is 8.64. The molecule has 98 valence electrons. The van der Waals surface area contributed by atoms with Crippen molar-refractivity contribution in [1.29, 1.82) is 0 Å². The van der Waals surface area contributed by atoms with E-state index >= 15 is 0 Å². The molecule has 1 aromatic rings. The van der Waals surface area contributed by atoms with Crippen LogP contribution in [0.2, 0.25) is 0 Å².